The number of rotatable bonds is 0. The second-order valence-electron chi connectivity index (χ2n) is 2.58. The van der Waals surface area contributed by atoms with Crippen LogP contribution in [0.5, 0.6) is 0 Å². The maximum absolute atomic E-state index is 4.24. The molecule has 0 saturated carbocycles. The first kappa shape index (κ1) is 9.71. The molecule has 0 aliphatic rings. The number of pyridine rings is 1. The molecule has 0 atom stereocenters. The zero-order valence-corrected chi connectivity index (χ0v) is 8.57. The lowest BCUT2D eigenvalue weighted by Gasteiger charge is -1.89. The minimum atomic E-state index is 0.949. The highest BCUT2D eigenvalue weighted by Gasteiger charge is 2.02. The van der Waals surface area contributed by atoms with Crippen LogP contribution in [0.2, 0.25) is 0 Å². The molecule has 0 radical (unpaired) electrons. The smallest absolute Gasteiger partial charge is 0.157 e. The van der Waals surface area contributed by atoms with E-state index in [1.807, 2.05) is 40.0 Å². The number of aryl methyl sites for hydroxylation is 2. The van der Waals surface area contributed by atoms with Gasteiger partial charge in [-0.15, -0.1) is 0 Å². The molecule has 0 aliphatic heterocycles. The molecule has 3 heteroatoms. The van der Waals surface area contributed by atoms with Gasteiger partial charge in [0.15, 0.2) is 5.65 Å². The first-order valence-corrected chi connectivity index (χ1v) is 4.53. The van der Waals surface area contributed by atoms with Crippen molar-refractivity contribution in [1.29, 1.82) is 0 Å². The van der Waals surface area contributed by atoms with Gasteiger partial charge in [-0.05, 0) is 19.1 Å². The summed E-state index contributed by atoms with van der Waals surface area (Å²) in [5, 5.41) is 5.38. The SMILES string of the molecule is CC.Cc1nn(C)c2ncccc12. The molecule has 0 N–H and O–H groups in total. The van der Waals surface area contributed by atoms with Gasteiger partial charge in [-0.1, -0.05) is 13.8 Å². The molecule has 0 aromatic carbocycles. The molecule has 0 amide bonds. The van der Waals surface area contributed by atoms with Gasteiger partial charge in [0.1, 0.15) is 0 Å². The molecular formula is C10H15N3. The van der Waals surface area contributed by atoms with Crippen LogP contribution in [0.1, 0.15) is 19.5 Å². The van der Waals surface area contributed by atoms with Crippen LogP contribution in [-0.2, 0) is 7.05 Å². The summed E-state index contributed by atoms with van der Waals surface area (Å²) in [5.41, 5.74) is 1.99. The van der Waals surface area contributed by atoms with Gasteiger partial charge in [0.25, 0.3) is 0 Å². The standard InChI is InChI=1S/C8H9N3.C2H6/c1-6-7-4-3-5-9-8(7)11(2)10-6;1-2/h3-5H,1-2H3;1-2H3. The van der Waals surface area contributed by atoms with Gasteiger partial charge in [0, 0.05) is 18.6 Å². The molecule has 2 aromatic heterocycles. The highest BCUT2D eigenvalue weighted by atomic mass is 15.3. The van der Waals surface area contributed by atoms with E-state index < -0.39 is 0 Å². The van der Waals surface area contributed by atoms with Gasteiger partial charge < -0.3 is 0 Å². The molecule has 0 bridgehead atoms. The molecule has 0 unspecified atom stereocenters. The van der Waals surface area contributed by atoms with Gasteiger partial charge in [-0.2, -0.15) is 5.10 Å². The van der Waals surface area contributed by atoms with Crippen molar-refractivity contribution in [2.45, 2.75) is 20.8 Å². The first-order valence-electron chi connectivity index (χ1n) is 4.53. The molecule has 0 saturated heterocycles. The van der Waals surface area contributed by atoms with Gasteiger partial charge in [0.2, 0.25) is 0 Å². The minimum absolute atomic E-state index is 0.949. The van der Waals surface area contributed by atoms with Crippen LogP contribution in [0.3, 0.4) is 0 Å². The summed E-state index contributed by atoms with van der Waals surface area (Å²) in [6.45, 7) is 5.99. The summed E-state index contributed by atoms with van der Waals surface area (Å²) < 4.78 is 1.80. The Morgan fingerprint density at radius 3 is 2.62 bits per heavy atom. The number of hydrogen-bond acceptors (Lipinski definition) is 2. The zero-order valence-electron chi connectivity index (χ0n) is 8.57. The Morgan fingerprint density at radius 2 is 2.00 bits per heavy atom. The lowest BCUT2D eigenvalue weighted by molar-refractivity contribution is 0.774. The van der Waals surface area contributed by atoms with Crippen molar-refractivity contribution in [3.63, 3.8) is 0 Å². The molecule has 0 fully saturated rings. The van der Waals surface area contributed by atoms with Crippen LogP contribution in [0.4, 0.5) is 0 Å². The van der Waals surface area contributed by atoms with Gasteiger partial charge >= 0.3 is 0 Å². The molecular weight excluding hydrogens is 162 g/mol. The second kappa shape index (κ2) is 4.03. The fourth-order valence-electron chi connectivity index (χ4n) is 1.26. The Balaban J connectivity index is 0.000000396. The van der Waals surface area contributed by atoms with Crippen LogP contribution >= 0.6 is 0 Å². The maximum atomic E-state index is 4.24. The Bertz CT molecular complexity index is 354. The number of fused-ring (bicyclic) bond motifs is 1. The monoisotopic (exact) mass is 177 g/mol. The van der Waals surface area contributed by atoms with E-state index in [1.165, 1.54) is 0 Å². The molecule has 3 nitrogen and oxygen atoms in total. The average Bonchev–Trinajstić information content (AvgIpc) is 2.47. The quantitative estimate of drug-likeness (QED) is 0.618. The summed E-state index contributed by atoms with van der Waals surface area (Å²) in [7, 11) is 1.91. The van der Waals surface area contributed by atoms with Crippen LogP contribution in [-0.4, -0.2) is 14.8 Å². The second-order valence-corrected chi connectivity index (χ2v) is 2.58. The van der Waals surface area contributed by atoms with Crippen LogP contribution in [0.25, 0.3) is 11.0 Å². The summed E-state index contributed by atoms with van der Waals surface area (Å²) >= 11 is 0. The van der Waals surface area contributed by atoms with Crippen LogP contribution in [0.15, 0.2) is 18.3 Å². The van der Waals surface area contributed by atoms with E-state index in [2.05, 4.69) is 10.1 Å². The Kier molecular flexibility index (Phi) is 3.01. The van der Waals surface area contributed by atoms with Crippen molar-refractivity contribution >= 4 is 11.0 Å². The van der Waals surface area contributed by atoms with Crippen molar-refractivity contribution in [2.24, 2.45) is 7.05 Å². The molecule has 0 aliphatic carbocycles. The van der Waals surface area contributed by atoms with Crippen molar-refractivity contribution < 1.29 is 0 Å². The minimum Gasteiger partial charge on any atom is -0.250 e. The lowest BCUT2D eigenvalue weighted by Crippen LogP contribution is -1.90. The third-order valence-corrected chi connectivity index (χ3v) is 1.78. The molecule has 0 spiro atoms. The Morgan fingerprint density at radius 1 is 1.31 bits per heavy atom. The topological polar surface area (TPSA) is 30.7 Å². The van der Waals surface area contributed by atoms with Crippen molar-refractivity contribution in [3.05, 3.63) is 24.0 Å². The van der Waals surface area contributed by atoms with E-state index in [1.54, 1.807) is 10.9 Å². The predicted molar refractivity (Wildman–Crippen MR) is 54.6 cm³/mol. The van der Waals surface area contributed by atoms with Crippen molar-refractivity contribution in [1.82, 2.24) is 14.8 Å². The number of nitrogens with zero attached hydrogens (tertiary/aromatic N) is 3. The van der Waals surface area contributed by atoms with E-state index in [0.29, 0.717) is 0 Å². The van der Waals surface area contributed by atoms with Gasteiger partial charge in [-0.25, -0.2) is 4.98 Å². The van der Waals surface area contributed by atoms with E-state index in [4.69, 9.17) is 0 Å². The third kappa shape index (κ3) is 1.69. The number of hydrogen-bond donors (Lipinski definition) is 0. The zero-order chi connectivity index (χ0) is 9.84. The average molecular weight is 177 g/mol. The number of aromatic nitrogens is 3. The van der Waals surface area contributed by atoms with Crippen LogP contribution in [0, 0.1) is 6.92 Å². The van der Waals surface area contributed by atoms with E-state index in [0.717, 1.165) is 16.7 Å². The summed E-state index contributed by atoms with van der Waals surface area (Å²) in [6, 6.07) is 3.96. The normalized spacial score (nSPS) is 9.54. The van der Waals surface area contributed by atoms with E-state index >= 15 is 0 Å². The molecule has 2 aromatic rings. The summed E-state index contributed by atoms with van der Waals surface area (Å²) in [4.78, 5) is 4.20. The lowest BCUT2D eigenvalue weighted by atomic mass is 10.3. The maximum Gasteiger partial charge on any atom is 0.157 e. The largest absolute Gasteiger partial charge is 0.250 e. The molecule has 2 rings (SSSR count). The summed E-state index contributed by atoms with van der Waals surface area (Å²) in [5.74, 6) is 0. The molecule has 13 heavy (non-hydrogen) atoms. The Hall–Kier alpha value is -1.38. The third-order valence-electron chi connectivity index (χ3n) is 1.78. The van der Waals surface area contributed by atoms with E-state index in [-0.39, 0.29) is 0 Å². The highest BCUT2D eigenvalue weighted by molar-refractivity contribution is 5.77. The van der Waals surface area contributed by atoms with Gasteiger partial charge in [-0.3, -0.25) is 4.68 Å². The van der Waals surface area contributed by atoms with Crippen molar-refractivity contribution in [3.8, 4) is 0 Å². The summed E-state index contributed by atoms with van der Waals surface area (Å²) in [6.07, 6.45) is 1.78. The fourth-order valence-corrected chi connectivity index (χ4v) is 1.26. The molecule has 70 valence electrons. The predicted octanol–water partition coefficient (Wildman–Crippen LogP) is 2.30. The molecule has 2 heterocycles. The van der Waals surface area contributed by atoms with Crippen LogP contribution < -0.4 is 0 Å². The first-order chi connectivity index (χ1) is 6.29. The van der Waals surface area contributed by atoms with Gasteiger partial charge in [0.05, 0.1) is 5.69 Å². The van der Waals surface area contributed by atoms with Crippen molar-refractivity contribution in [2.75, 3.05) is 0 Å². The Labute approximate surface area is 78.4 Å². The fraction of sp³-hybridized carbons (Fsp3) is 0.400. The highest BCUT2D eigenvalue weighted by Crippen LogP contribution is 2.12. The van der Waals surface area contributed by atoms with E-state index in [9.17, 15) is 0 Å².